The fourth-order valence-corrected chi connectivity index (χ4v) is 4.40. The van der Waals surface area contributed by atoms with Gasteiger partial charge >= 0.3 is 5.97 Å². The Balaban J connectivity index is 1.50. The summed E-state index contributed by atoms with van der Waals surface area (Å²) in [7, 11) is 0. The smallest absolute Gasteiger partial charge is 0.335 e. The first-order valence-corrected chi connectivity index (χ1v) is 9.44. The van der Waals surface area contributed by atoms with Crippen molar-refractivity contribution in [3.05, 3.63) is 47.8 Å². The molecule has 2 unspecified atom stereocenters. The molecule has 2 aromatic heterocycles. The second kappa shape index (κ2) is 5.92. The zero-order valence-corrected chi connectivity index (χ0v) is 15.4. The third kappa shape index (κ3) is 2.92. The summed E-state index contributed by atoms with van der Waals surface area (Å²) in [5, 5.41) is 9.36. The molecule has 0 radical (unpaired) electrons. The monoisotopic (exact) mass is 365 g/mol. The molecule has 3 aromatic rings. The highest BCUT2D eigenvalue weighted by Crippen LogP contribution is 2.57. The zero-order chi connectivity index (χ0) is 18.6. The zero-order valence-electron chi connectivity index (χ0n) is 15.4. The number of rotatable bonds is 5. The van der Waals surface area contributed by atoms with Crippen LogP contribution in [0.4, 0.5) is 0 Å². The summed E-state index contributed by atoms with van der Waals surface area (Å²) in [6, 6.07) is 5.15. The molecule has 0 bridgehead atoms. The standard InChI is InChI=1S/C20H23N5O2/c1-20-4-5-24(9-14(20)7-20)11-18-23-16-3-2-13(19(26)27)6-17(16)25(18)10-15-8-21-12-22-15/h2-3,6,8,12,14H,4-5,7,9-11H2,1H3,(H,21,22)(H,26,27). The summed E-state index contributed by atoms with van der Waals surface area (Å²) in [5.74, 6) is 0.874. The van der Waals surface area contributed by atoms with Crippen LogP contribution >= 0.6 is 0 Å². The van der Waals surface area contributed by atoms with Crippen molar-refractivity contribution in [3.8, 4) is 0 Å². The number of aromatic amines is 1. The number of benzene rings is 1. The Labute approximate surface area is 157 Å². The molecule has 7 heteroatoms. The van der Waals surface area contributed by atoms with Crippen LogP contribution in [0.3, 0.4) is 0 Å². The third-order valence-electron chi connectivity index (χ3n) is 6.34. The van der Waals surface area contributed by atoms with Gasteiger partial charge < -0.3 is 14.7 Å². The van der Waals surface area contributed by atoms with Crippen molar-refractivity contribution in [1.29, 1.82) is 0 Å². The number of fused-ring (bicyclic) bond motifs is 2. The van der Waals surface area contributed by atoms with E-state index in [1.54, 1.807) is 30.7 Å². The number of likely N-dealkylation sites (tertiary alicyclic amines) is 1. The Morgan fingerprint density at radius 2 is 2.30 bits per heavy atom. The number of nitrogens with zero attached hydrogens (tertiary/aromatic N) is 4. The lowest BCUT2D eigenvalue weighted by Gasteiger charge is -2.29. The lowest BCUT2D eigenvalue weighted by atomic mass is 9.98. The summed E-state index contributed by atoms with van der Waals surface area (Å²) in [5.41, 5.74) is 3.52. The molecule has 3 heterocycles. The molecule has 27 heavy (non-hydrogen) atoms. The van der Waals surface area contributed by atoms with Crippen molar-refractivity contribution in [3.63, 3.8) is 0 Å². The number of aromatic nitrogens is 4. The normalized spacial score (nSPS) is 24.9. The van der Waals surface area contributed by atoms with Gasteiger partial charge in [0.2, 0.25) is 0 Å². The molecule has 1 saturated heterocycles. The molecule has 1 saturated carbocycles. The van der Waals surface area contributed by atoms with Crippen LogP contribution in [0.15, 0.2) is 30.7 Å². The van der Waals surface area contributed by atoms with E-state index >= 15 is 0 Å². The Morgan fingerprint density at radius 1 is 1.41 bits per heavy atom. The maximum Gasteiger partial charge on any atom is 0.335 e. The van der Waals surface area contributed by atoms with E-state index in [1.165, 1.54) is 12.8 Å². The van der Waals surface area contributed by atoms with E-state index in [0.29, 0.717) is 12.0 Å². The number of carboxylic acid groups (broad SMARTS) is 1. The first-order valence-electron chi connectivity index (χ1n) is 9.44. The Kier molecular flexibility index (Phi) is 3.62. The van der Waals surface area contributed by atoms with Crippen molar-refractivity contribution in [2.24, 2.45) is 11.3 Å². The number of hydrogen-bond acceptors (Lipinski definition) is 4. The molecule has 140 valence electrons. The molecule has 1 aliphatic carbocycles. The minimum Gasteiger partial charge on any atom is -0.478 e. The highest BCUT2D eigenvalue weighted by molar-refractivity contribution is 5.92. The second-order valence-electron chi connectivity index (χ2n) is 8.24. The summed E-state index contributed by atoms with van der Waals surface area (Å²) in [6.07, 6.45) is 6.06. The largest absolute Gasteiger partial charge is 0.478 e. The van der Waals surface area contributed by atoms with Gasteiger partial charge in [-0.05, 0) is 48.9 Å². The number of aromatic carboxylic acids is 1. The Hall–Kier alpha value is -2.67. The average molecular weight is 365 g/mol. The van der Waals surface area contributed by atoms with Crippen LogP contribution in [-0.4, -0.2) is 48.6 Å². The first-order chi connectivity index (χ1) is 13.0. The van der Waals surface area contributed by atoms with Gasteiger partial charge in [-0.15, -0.1) is 0 Å². The van der Waals surface area contributed by atoms with Gasteiger partial charge in [0.05, 0.1) is 41.7 Å². The predicted molar refractivity (Wildman–Crippen MR) is 100 cm³/mol. The molecule has 1 aliphatic heterocycles. The van der Waals surface area contributed by atoms with E-state index in [4.69, 9.17) is 4.98 Å². The molecule has 7 nitrogen and oxygen atoms in total. The molecule has 2 fully saturated rings. The van der Waals surface area contributed by atoms with Crippen LogP contribution in [0.5, 0.6) is 0 Å². The molecular weight excluding hydrogens is 342 g/mol. The Bertz CT molecular complexity index is 1010. The number of carboxylic acids is 1. The molecule has 2 atom stereocenters. The molecule has 5 rings (SSSR count). The minimum absolute atomic E-state index is 0.284. The molecular formula is C20H23N5O2. The van der Waals surface area contributed by atoms with Crippen molar-refractivity contribution in [2.45, 2.75) is 32.9 Å². The highest BCUT2D eigenvalue weighted by Gasteiger charge is 2.52. The van der Waals surface area contributed by atoms with Crippen molar-refractivity contribution in [1.82, 2.24) is 24.4 Å². The quantitative estimate of drug-likeness (QED) is 0.726. The Morgan fingerprint density at radius 3 is 3.04 bits per heavy atom. The van der Waals surface area contributed by atoms with E-state index in [-0.39, 0.29) is 5.56 Å². The van der Waals surface area contributed by atoms with Gasteiger partial charge in [0.25, 0.3) is 0 Å². The number of H-pyrrole nitrogens is 1. The number of nitrogens with one attached hydrogen (secondary N) is 1. The van der Waals surface area contributed by atoms with E-state index in [1.807, 2.05) is 0 Å². The average Bonchev–Trinajstić information content (AvgIpc) is 2.97. The first kappa shape index (κ1) is 16.5. The van der Waals surface area contributed by atoms with Crippen molar-refractivity contribution in [2.75, 3.05) is 13.1 Å². The summed E-state index contributed by atoms with van der Waals surface area (Å²) < 4.78 is 2.12. The topological polar surface area (TPSA) is 87.0 Å². The molecule has 2 aliphatic rings. The maximum atomic E-state index is 11.4. The van der Waals surface area contributed by atoms with Gasteiger partial charge in [0, 0.05) is 12.7 Å². The van der Waals surface area contributed by atoms with Gasteiger partial charge in [0.15, 0.2) is 0 Å². The van der Waals surface area contributed by atoms with Gasteiger partial charge in [-0.2, -0.15) is 0 Å². The van der Waals surface area contributed by atoms with Crippen LogP contribution in [0.1, 0.15) is 41.6 Å². The van der Waals surface area contributed by atoms with Gasteiger partial charge in [0.1, 0.15) is 5.82 Å². The molecule has 2 N–H and O–H groups in total. The minimum atomic E-state index is -0.920. The van der Waals surface area contributed by atoms with Crippen LogP contribution in [0, 0.1) is 11.3 Å². The van der Waals surface area contributed by atoms with E-state index in [0.717, 1.165) is 48.1 Å². The highest BCUT2D eigenvalue weighted by atomic mass is 16.4. The lowest BCUT2D eigenvalue weighted by molar-refractivity contribution is 0.0697. The fourth-order valence-electron chi connectivity index (χ4n) is 4.40. The molecule has 1 aromatic carbocycles. The fraction of sp³-hybridized carbons (Fsp3) is 0.450. The van der Waals surface area contributed by atoms with E-state index in [2.05, 4.69) is 26.4 Å². The number of carbonyl (C=O) groups is 1. The number of imidazole rings is 2. The number of hydrogen-bond donors (Lipinski definition) is 2. The third-order valence-corrected chi connectivity index (χ3v) is 6.34. The summed E-state index contributed by atoms with van der Waals surface area (Å²) in [6.45, 7) is 6.02. The van der Waals surface area contributed by atoms with E-state index in [9.17, 15) is 9.90 Å². The van der Waals surface area contributed by atoms with Gasteiger partial charge in [-0.3, -0.25) is 4.90 Å². The van der Waals surface area contributed by atoms with Gasteiger partial charge in [-0.1, -0.05) is 6.92 Å². The maximum absolute atomic E-state index is 11.4. The predicted octanol–water partition coefficient (Wildman–Crippen LogP) is 2.74. The summed E-state index contributed by atoms with van der Waals surface area (Å²) >= 11 is 0. The SMILES string of the molecule is CC12CCN(Cc3nc4ccc(C(=O)O)cc4n3Cc3cnc[nH]3)CC1C2. The van der Waals surface area contributed by atoms with Crippen LogP contribution in [-0.2, 0) is 13.1 Å². The lowest BCUT2D eigenvalue weighted by Crippen LogP contribution is -2.34. The van der Waals surface area contributed by atoms with Crippen LogP contribution in [0.25, 0.3) is 11.0 Å². The molecule has 0 spiro atoms. The van der Waals surface area contributed by atoms with E-state index < -0.39 is 5.97 Å². The summed E-state index contributed by atoms with van der Waals surface area (Å²) in [4.78, 5) is 26.0. The van der Waals surface area contributed by atoms with Crippen molar-refractivity contribution < 1.29 is 9.90 Å². The molecule has 0 amide bonds. The van der Waals surface area contributed by atoms with Crippen LogP contribution < -0.4 is 0 Å². The number of piperidine rings is 1. The second-order valence-corrected chi connectivity index (χ2v) is 8.24. The van der Waals surface area contributed by atoms with Crippen molar-refractivity contribution >= 4 is 17.0 Å². The van der Waals surface area contributed by atoms with Crippen LogP contribution in [0.2, 0.25) is 0 Å². The van der Waals surface area contributed by atoms with Gasteiger partial charge in [-0.25, -0.2) is 14.8 Å².